The third-order valence-electron chi connectivity index (χ3n) is 15.7. The van der Waals surface area contributed by atoms with E-state index < -0.39 is 5.41 Å². The van der Waals surface area contributed by atoms with Crippen molar-refractivity contribution in [1.29, 1.82) is 0 Å². The zero-order valence-corrected chi connectivity index (χ0v) is 39.8. The van der Waals surface area contributed by atoms with Crippen LogP contribution in [0.4, 0.5) is 17.1 Å². The molecule has 2 aliphatic rings. The van der Waals surface area contributed by atoms with Gasteiger partial charge in [-0.05, 0) is 137 Å². The molecule has 0 saturated heterocycles. The first kappa shape index (κ1) is 41.3. The molecule has 2 nitrogen and oxygen atoms in total. The molecule has 2 heteroatoms. The van der Waals surface area contributed by atoms with Gasteiger partial charge in [-0.15, -0.1) is 0 Å². The predicted molar refractivity (Wildman–Crippen MR) is 304 cm³/mol. The molecule has 0 aliphatic heterocycles. The van der Waals surface area contributed by atoms with Gasteiger partial charge in [0.1, 0.15) is 11.2 Å². The predicted octanol–water partition coefficient (Wildman–Crippen LogP) is 19.2. The first-order valence-corrected chi connectivity index (χ1v) is 25.2. The Bertz CT molecular complexity index is 4220. The van der Waals surface area contributed by atoms with E-state index in [-0.39, 0.29) is 0 Å². The molecule has 12 aromatic carbocycles. The molecule has 0 fully saturated rings. The van der Waals surface area contributed by atoms with Gasteiger partial charge in [0.2, 0.25) is 0 Å². The van der Waals surface area contributed by atoms with E-state index >= 15 is 0 Å². The average Bonchev–Trinajstić information content (AvgIpc) is 4.11. The molecule has 0 unspecified atom stereocenters. The van der Waals surface area contributed by atoms with Gasteiger partial charge >= 0.3 is 0 Å². The highest BCUT2D eigenvalue weighted by Gasteiger charge is 2.52. The maximum atomic E-state index is 6.50. The van der Waals surface area contributed by atoms with Crippen LogP contribution in [0.3, 0.4) is 0 Å². The third kappa shape index (κ3) is 6.24. The monoisotopic (exact) mass is 927 g/mol. The number of furan rings is 1. The Morgan fingerprint density at radius 1 is 0.260 bits per heavy atom. The summed E-state index contributed by atoms with van der Waals surface area (Å²) in [5.74, 6) is 0. The molecule has 0 N–H and O–H groups in total. The fourth-order valence-corrected chi connectivity index (χ4v) is 12.5. The maximum absolute atomic E-state index is 6.50. The topological polar surface area (TPSA) is 16.4 Å². The highest BCUT2D eigenvalue weighted by Crippen LogP contribution is 2.64. The Labute approximate surface area is 424 Å². The smallest absolute Gasteiger partial charge is 0.143 e. The number of anilines is 3. The number of para-hydroxylation sites is 2. The number of fused-ring (bicyclic) bond motifs is 14. The van der Waals surface area contributed by atoms with E-state index in [1.165, 1.54) is 88.7 Å². The maximum Gasteiger partial charge on any atom is 0.143 e. The van der Waals surface area contributed by atoms with Gasteiger partial charge in [0.05, 0.1) is 5.41 Å². The van der Waals surface area contributed by atoms with Crippen molar-refractivity contribution in [2.75, 3.05) is 4.90 Å². The summed E-state index contributed by atoms with van der Waals surface area (Å²) in [6.07, 6.45) is 0. The third-order valence-corrected chi connectivity index (χ3v) is 15.7. The van der Waals surface area contributed by atoms with Gasteiger partial charge in [0.25, 0.3) is 0 Å². The Hall–Kier alpha value is -9.50. The standard InChI is InChI=1S/C71H45NO/c1-2-16-55-48(14-1)15-11-21-56(55)49-32-30-46(31-33-49)47-34-40-52(41-35-47)72(54-44-38-51(39-45-54)58-23-13-25-64-62-20-6-10-29-68(62)73-70(58)64)53-42-36-50(37-43-53)57-22-12-24-63-61-19-5-9-28-67(61)71(69(57)63)65-26-7-3-17-59(65)60-18-4-8-27-66(60)71/h1-45H. The highest BCUT2D eigenvalue weighted by molar-refractivity contribution is 6.09. The van der Waals surface area contributed by atoms with Crippen molar-refractivity contribution in [3.63, 3.8) is 0 Å². The van der Waals surface area contributed by atoms with Crippen LogP contribution in [0, 0.1) is 0 Å². The summed E-state index contributed by atoms with van der Waals surface area (Å²) in [5, 5.41) is 4.78. The van der Waals surface area contributed by atoms with Crippen molar-refractivity contribution >= 4 is 49.8 Å². The van der Waals surface area contributed by atoms with Gasteiger partial charge in [-0.25, -0.2) is 0 Å². The second-order valence-electron chi connectivity index (χ2n) is 19.5. The fraction of sp³-hybridized carbons (Fsp3) is 0.0141. The van der Waals surface area contributed by atoms with Crippen LogP contribution in [0.15, 0.2) is 277 Å². The average molecular weight is 928 g/mol. The molecule has 1 aromatic heterocycles. The van der Waals surface area contributed by atoms with Crippen LogP contribution in [0.25, 0.3) is 99.5 Å². The summed E-state index contributed by atoms with van der Waals surface area (Å²) >= 11 is 0. The van der Waals surface area contributed by atoms with E-state index in [1.807, 2.05) is 12.1 Å². The molecule has 13 aromatic rings. The summed E-state index contributed by atoms with van der Waals surface area (Å²) in [6, 6.07) is 100. The lowest BCUT2D eigenvalue weighted by Gasteiger charge is -2.32. The van der Waals surface area contributed by atoms with Crippen LogP contribution < -0.4 is 4.90 Å². The molecule has 73 heavy (non-hydrogen) atoms. The summed E-state index contributed by atoms with van der Waals surface area (Å²) in [4.78, 5) is 2.37. The fourth-order valence-electron chi connectivity index (χ4n) is 12.5. The molecule has 15 rings (SSSR count). The van der Waals surface area contributed by atoms with Crippen molar-refractivity contribution in [3.05, 3.63) is 295 Å². The summed E-state index contributed by atoms with van der Waals surface area (Å²) in [6.45, 7) is 0. The summed E-state index contributed by atoms with van der Waals surface area (Å²) in [7, 11) is 0. The van der Waals surface area contributed by atoms with E-state index in [1.54, 1.807) is 0 Å². The van der Waals surface area contributed by atoms with Crippen LogP contribution in [-0.4, -0.2) is 0 Å². The van der Waals surface area contributed by atoms with E-state index in [0.29, 0.717) is 0 Å². The van der Waals surface area contributed by atoms with Gasteiger partial charge in [-0.3, -0.25) is 0 Å². The SMILES string of the molecule is c1ccc2c(c1)-c1ccccc1C21c2ccccc2-c2cccc(-c3ccc(N(c4ccc(-c5ccc(-c6cccc7ccccc67)cc5)cc4)c4ccc(-c5cccc6c5oc5ccccc56)cc4)cc3)c21. The Kier molecular flexibility index (Phi) is 9.21. The summed E-state index contributed by atoms with van der Waals surface area (Å²) in [5.41, 5.74) is 24.6. The first-order valence-electron chi connectivity index (χ1n) is 25.2. The minimum atomic E-state index is -0.438. The molecular formula is C71H45NO. The second-order valence-corrected chi connectivity index (χ2v) is 19.5. The van der Waals surface area contributed by atoms with Crippen LogP contribution >= 0.6 is 0 Å². The van der Waals surface area contributed by atoms with Crippen LogP contribution in [0.1, 0.15) is 22.3 Å². The van der Waals surface area contributed by atoms with Gasteiger partial charge < -0.3 is 9.32 Å². The largest absolute Gasteiger partial charge is 0.455 e. The van der Waals surface area contributed by atoms with Crippen LogP contribution in [0.2, 0.25) is 0 Å². The van der Waals surface area contributed by atoms with E-state index in [2.05, 4.69) is 266 Å². The van der Waals surface area contributed by atoms with E-state index in [0.717, 1.165) is 50.1 Å². The van der Waals surface area contributed by atoms with Gasteiger partial charge in [0.15, 0.2) is 0 Å². The molecule has 2 aliphatic carbocycles. The Morgan fingerprint density at radius 2 is 0.644 bits per heavy atom. The minimum Gasteiger partial charge on any atom is -0.455 e. The molecule has 0 saturated carbocycles. The van der Waals surface area contributed by atoms with E-state index in [9.17, 15) is 0 Å². The lowest BCUT2D eigenvalue weighted by Crippen LogP contribution is -2.26. The van der Waals surface area contributed by atoms with Gasteiger partial charge in [-0.2, -0.15) is 0 Å². The molecule has 1 spiro atoms. The van der Waals surface area contributed by atoms with E-state index in [4.69, 9.17) is 4.42 Å². The van der Waals surface area contributed by atoms with Gasteiger partial charge in [0, 0.05) is 33.4 Å². The molecule has 0 bridgehead atoms. The number of hydrogen-bond donors (Lipinski definition) is 0. The zero-order valence-electron chi connectivity index (χ0n) is 39.8. The molecule has 0 radical (unpaired) electrons. The number of nitrogens with zero attached hydrogens (tertiary/aromatic N) is 1. The highest BCUT2D eigenvalue weighted by atomic mass is 16.3. The van der Waals surface area contributed by atoms with Crippen molar-refractivity contribution in [2.45, 2.75) is 5.41 Å². The lowest BCUT2D eigenvalue weighted by molar-refractivity contribution is 0.670. The zero-order chi connectivity index (χ0) is 48.0. The number of hydrogen-bond acceptors (Lipinski definition) is 2. The first-order chi connectivity index (χ1) is 36.2. The minimum absolute atomic E-state index is 0.438. The van der Waals surface area contributed by atoms with Crippen LogP contribution in [-0.2, 0) is 5.41 Å². The quantitative estimate of drug-likeness (QED) is 0.158. The van der Waals surface area contributed by atoms with Crippen molar-refractivity contribution < 1.29 is 4.42 Å². The molecule has 0 amide bonds. The van der Waals surface area contributed by atoms with Crippen molar-refractivity contribution in [1.82, 2.24) is 0 Å². The summed E-state index contributed by atoms with van der Waals surface area (Å²) < 4.78 is 6.50. The number of benzene rings is 12. The normalized spacial score (nSPS) is 12.8. The molecular weight excluding hydrogens is 883 g/mol. The van der Waals surface area contributed by atoms with Crippen molar-refractivity contribution in [2.24, 2.45) is 0 Å². The molecule has 340 valence electrons. The molecule has 0 atom stereocenters. The van der Waals surface area contributed by atoms with Gasteiger partial charge in [-0.1, -0.05) is 231 Å². The van der Waals surface area contributed by atoms with Crippen LogP contribution in [0.5, 0.6) is 0 Å². The molecule has 1 heterocycles. The second kappa shape index (κ2) is 16.3. The Morgan fingerprint density at radius 3 is 1.29 bits per heavy atom. The Balaban J connectivity index is 0.834. The van der Waals surface area contributed by atoms with Crippen molar-refractivity contribution in [3.8, 4) is 66.8 Å². The lowest BCUT2D eigenvalue weighted by atomic mass is 9.68. The number of rotatable bonds is 7.